The molecule has 1 fully saturated rings. The van der Waals surface area contributed by atoms with Gasteiger partial charge in [0.1, 0.15) is 17.0 Å². The van der Waals surface area contributed by atoms with Crippen molar-refractivity contribution in [2.75, 3.05) is 23.3 Å². The van der Waals surface area contributed by atoms with E-state index in [9.17, 15) is 14.7 Å². The summed E-state index contributed by atoms with van der Waals surface area (Å²) in [6.07, 6.45) is 2.84. The Morgan fingerprint density at radius 1 is 1.21 bits per heavy atom. The van der Waals surface area contributed by atoms with Crippen LogP contribution in [0.15, 0.2) is 65.7 Å². The number of fused-ring (bicyclic) bond motifs is 1. The molecule has 1 atom stereocenters. The van der Waals surface area contributed by atoms with Crippen LogP contribution in [0, 0.1) is 0 Å². The van der Waals surface area contributed by atoms with Crippen LogP contribution in [0.4, 0.5) is 11.6 Å². The van der Waals surface area contributed by atoms with Gasteiger partial charge in [-0.3, -0.25) is 9.20 Å². The normalized spacial score (nSPS) is 14.6. The highest BCUT2D eigenvalue weighted by Crippen LogP contribution is 2.31. The summed E-state index contributed by atoms with van der Waals surface area (Å²) in [4.78, 5) is 31.3. The van der Waals surface area contributed by atoms with Crippen LogP contribution in [0.3, 0.4) is 0 Å². The van der Waals surface area contributed by atoms with E-state index in [4.69, 9.17) is 16.6 Å². The molecule has 5 rings (SSSR count). The lowest BCUT2D eigenvalue weighted by Crippen LogP contribution is -2.46. The zero-order valence-corrected chi connectivity index (χ0v) is 19.0. The first-order valence-corrected chi connectivity index (χ1v) is 11.1. The lowest BCUT2D eigenvalue weighted by atomic mass is 9.91. The molecule has 0 unspecified atom stereocenters. The van der Waals surface area contributed by atoms with Crippen molar-refractivity contribution in [2.45, 2.75) is 18.9 Å². The van der Waals surface area contributed by atoms with Crippen LogP contribution in [-0.2, 0) is 0 Å². The SMILES string of the molecule is C[C@@H](Nc1nnccc1C(=O)O)c1cc(Cl)cn2c(=O)cc(N3CC(c4ccccc4)C3)nc12. The van der Waals surface area contributed by atoms with Crippen LogP contribution in [0.2, 0.25) is 5.02 Å². The minimum atomic E-state index is -1.12. The number of carboxylic acid groups (broad SMARTS) is 1. The van der Waals surface area contributed by atoms with E-state index < -0.39 is 12.0 Å². The van der Waals surface area contributed by atoms with Crippen molar-refractivity contribution in [2.24, 2.45) is 0 Å². The summed E-state index contributed by atoms with van der Waals surface area (Å²) in [5.41, 5.74) is 2.08. The van der Waals surface area contributed by atoms with E-state index in [1.54, 1.807) is 6.07 Å². The van der Waals surface area contributed by atoms with Crippen molar-refractivity contribution in [3.63, 3.8) is 0 Å². The van der Waals surface area contributed by atoms with Gasteiger partial charge in [0.15, 0.2) is 5.82 Å². The van der Waals surface area contributed by atoms with Crippen molar-refractivity contribution in [1.82, 2.24) is 19.6 Å². The number of anilines is 2. The monoisotopic (exact) mass is 476 g/mol. The Hall–Kier alpha value is -3.98. The van der Waals surface area contributed by atoms with Gasteiger partial charge in [0, 0.05) is 36.8 Å². The summed E-state index contributed by atoms with van der Waals surface area (Å²) in [6, 6.07) is 14.4. The molecule has 4 aromatic rings. The van der Waals surface area contributed by atoms with Gasteiger partial charge < -0.3 is 15.3 Å². The van der Waals surface area contributed by atoms with Gasteiger partial charge in [0.2, 0.25) is 0 Å². The Kier molecular flexibility index (Phi) is 5.62. The van der Waals surface area contributed by atoms with Crippen LogP contribution in [-0.4, -0.2) is 43.7 Å². The van der Waals surface area contributed by atoms with Crippen molar-refractivity contribution in [1.29, 1.82) is 0 Å². The van der Waals surface area contributed by atoms with E-state index in [0.717, 1.165) is 13.1 Å². The summed E-state index contributed by atoms with van der Waals surface area (Å²) < 4.78 is 1.41. The minimum absolute atomic E-state index is 0.00784. The molecule has 1 aromatic carbocycles. The van der Waals surface area contributed by atoms with Gasteiger partial charge in [0.25, 0.3) is 5.56 Å². The van der Waals surface area contributed by atoms with Crippen LogP contribution < -0.4 is 15.8 Å². The molecule has 1 aliphatic heterocycles. The van der Waals surface area contributed by atoms with Gasteiger partial charge in [-0.25, -0.2) is 9.78 Å². The molecule has 0 saturated carbocycles. The summed E-state index contributed by atoms with van der Waals surface area (Å²) >= 11 is 6.30. The standard InChI is InChI=1S/C24H21ClN6O3/c1-14(27-22-18(24(33)34)7-8-26-29-22)19-9-17(25)13-31-21(32)10-20(28-23(19)31)30-11-16(12-30)15-5-3-2-4-6-15/h2-10,13-14,16H,11-12H2,1H3,(H,27,29)(H,33,34)/t14-/m1/s1. The highest BCUT2D eigenvalue weighted by atomic mass is 35.5. The maximum Gasteiger partial charge on any atom is 0.339 e. The fourth-order valence-corrected chi connectivity index (χ4v) is 4.37. The second-order valence-corrected chi connectivity index (χ2v) is 8.67. The second-order valence-electron chi connectivity index (χ2n) is 8.24. The molecule has 4 heterocycles. The topological polar surface area (TPSA) is 113 Å². The number of nitrogens with zero attached hydrogens (tertiary/aromatic N) is 5. The number of benzene rings is 1. The first-order chi connectivity index (χ1) is 16.4. The molecule has 34 heavy (non-hydrogen) atoms. The molecule has 3 aromatic heterocycles. The number of hydrogen-bond donors (Lipinski definition) is 2. The van der Waals surface area contributed by atoms with Gasteiger partial charge in [-0.15, -0.1) is 5.10 Å². The van der Waals surface area contributed by atoms with Crippen LogP contribution >= 0.6 is 11.6 Å². The number of carbonyl (C=O) groups is 1. The molecule has 2 N–H and O–H groups in total. The average molecular weight is 477 g/mol. The molecular formula is C24H21ClN6O3. The van der Waals surface area contributed by atoms with E-state index in [-0.39, 0.29) is 16.9 Å². The lowest BCUT2D eigenvalue weighted by molar-refractivity contribution is 0.0697. The number of carboxylic acids is 1. The summed E-state index contributed by atoms with van der Waals surface area (Å²) in [6.45, 7) is 3.36. The molecule has 0 spiro atoms. The summed E-state index contributed by atoms with van der Waals surface area (Å²) in [5.74, 6) is -0.0213. The van der Waals surface area contributed by atoms with E-state index >= 15 is 0 Å². The Bertz CT molecular complexity index is 1440. The number of halogens is 1. The number of rotatable bonds is 6. The predicted octanol–water partition coefficient (Wildman–Crippen LogP) is 3.61. The van der Waals surface area contributed by atoms with Gasteiger partial charge in [-0.05, 0) is 24.6 Å². The largest absolute Gasteiger partial charge is 0.478 e. The van der Waals surface area contributed by atoms with E-state index in [1.165, 1.54) is 34.5 Å². The quantitative estimate of drug-likeness (QED) is 0.434. The third kappa shape index (κ3) is 4.06. The molecule has 0 amide bonds. The van der Waals surface area contributed by atoms with Crippen molar-refractivity contribution < 1.29 is 9.90 Å². The van der Waals surface area contributed by atoms with Crippen LogP contribution in [0.25, 0.3) is 5.65 Å². The fraction of sp³-hybridized carbons (Fsp3) is 0.208. The van der Waals surface area contributed by atoms with Gasteiger partial charge in [0.05, 0.1) is 17.3 Å². The van der Waals surface area contributed by atoms with Crippen molar-refractivity contribution in [3.8, 4) is 0 Å². The highest BCUT2D eigenvalue weighted by Gasteiger charge is 2.30. The number of pyridine rings is 1. The molecule has 0 bridgehead atoms. The number of hydrogen-bond acceptors (Lipinski definition) is 7. The molecule has 9 nitrogen and oxygen atoms in total. The lowest BCUT2D eigenvalue weighted by Gasteiger charge is -2.40. The third-order valence-electron chi connectivity index (χ3n) is 5.99. The Morgan fingerprint density at radius 2 is 1.97 bits per heavy atom. The van der Waals surface area contributed by atoms with Crippen molar-refractivity contribution >= 4 is 34.9 Å². The zero-order valence-electron chi connectivity index (χ0n) is 18.2. The average Bonchev–Trinajstić information content (AvgIpc) is 2.79. The Labute approximate surface area is 199 Å². The maximum atomic E-state index is 12.9. The summed E-state index contributed by atoms with van der Waals surface area (Å²) in [7, 11) is 0. The fourth-order valence-electron chi connectivity index (χ4n) is 4.16. The van der Waals surface area contributed by atoms with Gasteiger partial charge in [-0.1, -0.05) is 41.9 Å². The Balaban J connectivity index is 1.48. The zero-order chi connectivity index (χ0) is 23.8. The Morgan fingerprint density at radius 3 is 2.71 bits per heavy atom. The van der Waals surface area contributed by atoms with E-state index in [1.807, 2.05) is 25.1 Å². The van der Waals surface area contributed by atoms with Gasteiger partial charge in [-0.2, -0.15) is 5.10 Å². The molecule has 1 aliphatic rings. The number of nitrogens with one attached hydrogen (secondary N) is 1. The molecule has 0 radical (unpaired) electrons. The van der Waals surface area contributed by atoms with E-state index in [2.05, 4.69) is 32.5 Å². The maximum absolute atomic E-state index is 12.9. The second kappa shape index (κ2) is 8.75. The first kappa shape index (κ1) is 21.8. The van der Waals surface area contributed by atoms with Gasteiger partial charge >= 0.3 is 5.97 Å². The molecular weight excluding hydrogens is 456 g/mol. The third-order valence-corrected chi connectivity index (χ3v) is 6.20. The molecule has 10 heteroatoms. The minimum Gasteiger partial charge on any atom is -0.478 e. The summed E-state index contributed by atoms with van der Waals surface area (Å²) in [5, 5.41) is 20.6. The van der Waals surface area contributed by atoms with Crippen LogP contribution in [0.1, 0.15) is 40.4 Å². The molecule has 0 aliphatic carbocycles. The molecule has 1 saturated heterocycles. The van der Waals surface area contributed by atoms with E-state index in [0.29, 0.717) is 28.0 Å². The number of aromatic carboxylic acids is 1. The predicted molar refractivity (Wildman–Crippen MR) is 129 cm³/mol. The van der Waals surface area contributed by atoms with Crippen molar-refractivity contribution in [3.05, 3.63) is 93.0 Å². The first-order valence-electron chi connectivity index (χ1n) is 10.7. The highest BCUT2D eigenvalue weighted by molar-refractivity contribution is 6.30. The number of aromatic nitrogens is 4. The smallest absolute Gasteiger partial charge is 0.339 e. The van der Waals surface area contributed by atoms with Crippen LogP contribution in [0.5, 0.6) is 0 Å². The molecule has 172 valence electrons.